The van der Waals surface area contributed by atoms with Crippen LogP contribution < -0.4 is 0 Å². The molecule has 20 heavy (non-hydrogen) atoms. The predicted molar refractivity (Wildman–Crippen MR) is 72.9 cm³/mol. The van der Waals surface area contributed by atoms with Gasteiger partial charge in [-0.05, 0) is 37.5 Å². The van der Waals surface area contributed by atoms with Crippen LogP contribution >= 0.6 is 0 Å². The Morgan fingerprint density at radius 1 is 0.550 bits per heavy atom. The van der Waals surface area contributed by atoms with Crippen LogP contribution in [0.1, 0.15) is 76.3 Å². The van der Waals surface area contributed by atoms with Gasteiger partial charge in [-0.15, -0.1) is 0 Å². The Bertz CT molecular complexity index is 388. The second-order valence-electron chi connectivity index (χ2n) is 5.11. The molecule has 0 aliphatic carbocycles. The Labute approximate surface area is 118 Å². The van der Waals surface area contributed by atoms with Crippen LogP contribution in [0.3, 0.4) is 0 Å². The first-order chi connectivity index (χ1) is 9.44. The van der Waals surface area contributed by atoms with Crippen molar-refractivity contribution in [2.45, 2.75) is 65.2 Å². The number of halogens is 4. The molecule has 0 atom stereocenters. The van der Waals surface area contributed by atoms with E-state index in [-0.39, 0.29) is 0 Å². The molecule has 114 valence electrons. The maximum atomic E-state index is 14.2. The van der Waals surface area contributed by atoms with Gasteiger partial charge in [-0.2, -0.15) is 0 Å². The maximum Gasteiger partial charge on any atom is 0.165 e. The van der Waals surface area contributed by atoms with Gasteiger partial charge in [0.15, 0.2) is 23.3 Å². The van der Waals surface area contributed by atoms with Crippen molar-refractivity contribution in [3.8, 4) is 0 Å². The summed E-state index contributed by atoms with van der Waals surface area (Å²) in [6.07, 6.45) is 1.75. The Kier molecular flexibility index (Phi) is 6.03. The molecule has 1 aromatic carbocycles. The van der Waals surface area contributed by atoms with Crippen molar-refractivity contribution in [2.75, 3.05) is 0 Å². The summed E-state index contributed by atoms with van der Waals surface area (Å²) in [6.45, 7) is 6.99. The third-order valence-electron chi connectivity index (χ3n) is 4.12. The van der Waals surface area contributed by atoms with E-state index in [4.69, 9.17) is 0 Å². The molecule has 0 radical (unpaired) electrons. The van der Waals surface area contributed by atoms with E-state index in [9.17, 15) is 17.6 Å². The lowest BCUT2D eigenvalue weighted by Crippen LogP contribution is -2.14. The summed E-state index contributed by atoms with van der Waals surface area (Å²) in [4.78, 5) is 0. The molecule has 0 nitrogen and oxygen atoms in total. The standard InChI is InChI=1S/C16H22F4/c1-5-9(6-2)11-13(17)15(19)12(10(7-3)8-4)16(20)14(11)18/h9-10H,5-8H2,1-4H3. The van der Waals surface area contributed by atoms with E-state index in [1.165, 1.54) is 0 Å². The lowest BCUT2D eigenvalue weighted by Gasteiger charge is -2.21. The van der Waals surface area contributed by atoms with Crippen molar-refractivity contribution in [3.05, 3.63) is 34.4 Å². The molecule has 1 aromatic rings. The minimum absolute atomic E-state index is 0.438. The van der Waals surface area contributed by atoms with Gasteiger partial charge >= 0.3 is 0 Å². The predicted octanol–water partition coefficient (Wildman–Crippen LogP) is 6.05. The SMILES string of the molecule is CCC(CC)c1c(F)c(F)c(C(CC)CC)c(F)c1F. The van der Waals surface area contributed by atoms with Crippen LogP contribution in [0, 0.1) is 23.3 Å². The van der Waals surface area contributed by atoms with Crippen molar-refractivity contribution < 1.29 is 17.6 Å². The van der Waals surface area contributed by atoms with Crippen molar-refractivity contribution in [1.82, 2.24) is 0 Å². The van der Waals surface area contributed by atoms with E-state index in [2.05, 4.69) is 0 Å². The van der Waals surface area contributed by atoms with Gasteiger partial charge in [-0.25, -0.2) is 17.6 Å². The average Bonchev–Trinajstić information content (AvgIpc) is 2.46. The van der Waals surface area contributed by atoms with Gasteiger partial charge in [0, 0.05) is 11.1 Å². The Hall–Kier alpha value is -1.06. The number of hydrogen-bond donors (Lipinski definition) is 0. The first kappa shape index (κ1) is 17.0. The van der Waals surface area contributed by atoms with Crippen LogP contribution in [0.15, 0.2) is 0 Å². The highest BCUT2D eigenvalue weighted by Gasteiger charge is 2.30. The number of hydrogen-bond acceptors (Lipinski definition) is 0. The van der Waals surface area contributed by atoms with Crippen molar-refractivity contribution >= 4 is 0 Å². The van der Waals surface area contributed by atoms with Crippen LogP contribution in [-0.4, -0.2) is 0 Å². The molecule has 0 saturated heterocycles. The van der Waals surface area contributed by atoms with Crippen LogP contribution in [-0.2, 0) is 0 Å². The van der Waals surface area contributed by atoms with Gasteiger partial charge in [0.25, 0.3) is 0 Å². The van der Waals surface area contributed by atoms with Gasteiger partial charge in [-0.3, -0.25) is 0 Å². The summed E-state index contributed by atoms with van der Waals surface area (Å²) in [6, 6.07) is 0. The summed E-state index contributed by atoms with van der Waals surface area (Å²) in [5, 5.41) is 0. The van der Waals surface area contributed by atoms with Gasteiger partial charge in [-0.1, -0.05) is 27.7 Å². The molecular formula is C16H22F4. The fraction of sp³-hybridized carbons (Fsp3) is 0.625. The van der Waals surface area contributed by atoms with E-state index in [0.717, 1.165) is 0 Å². The molecule has 0 aromatic heterocycles. The van der Waals surface area contributed by atoms with E-state index in [1.54, 1.807) is 27.7 Å². The summed E-state index contributed by atoms with van der Waals surface area (Å²) in [7, 11) is 0. The minimum Gasteiger partial charge on any atom is -0.203 e. The smallest absolute Gasteiger partial charge is 0.165 e. The monoisotopic (exact) mass is 290 g/mol. The maximum absolute atomic E-state index is 14.2. The second-order valence-corrected chi connectivity index (χ2v) is 5.11. The Balaban J connectivity index is 3.56. The summed E-state index contributed by atoms with van der Waals surface area (Å²) in [5.41, 5.74) is -0.889. The van der Waals surface area contributed by atoms with E-state index >= 15 is 0 Å². The highest BCUT2D eigenvalue weighted by Crippen LogP contribution is 2.37. The lowest BCUT2D eigenvalue weighted by atomic mass is 9.87. The van der Waals surface area contributed by atoms with Crippen LogP contribution in [0.2, 0.25) is 0 Å². The fourth-order valence-electron chi connectivity index (χ4n) is 2.78. The van der Waals surface area contributed by atoms with Gasteiger partial charge in [0.2, 0.25) is 0 Å². The molecule has 0 N–H and O–H groups in total. The topological polar surface area (TPSA) is 0 Å². The summed E-state index contributed by atoms with van der Waals surface area (Å²) < 4.78 is 56.7. The first-order valence-corrected chi connectivity index (χ1v) is 7.29. The van der Waals surface area contributed by atoms with Crippen LogP contribution in [0.25, 0.3) is 0 Å². The van der Waals surface area contributed by atoms with E-state index in [1.807, 2.05) is 0 Å². The molecule has 0 unspecified atom stereocenters. The number of rotatable bonds is 6. The molecule has 0 bridgehead atoms. The van der Waals surface area contributed by atoms with Crippen LogP contribution in [0.5, 0.6) is 0 Å². The zero-order valence-electron chi connectivity index (χ0n) is 12.5. The van der Waals surface area contributed by atoms with Gasteiger partial charge in [0.05, 0.1) is 0 Å². The third-order valence-corrected chi connectivity index (χ3v) is 4.12. The summed E-state index contributed by atoms with van der Waals surface area (Å²) in [5.74, 6) is -5.90. The van der Waals surface area contributed by atoms with Crippen molar-refractivity contribution in [3.63, 3.8) is 0 Å². The lowest BCUT2D eigenvalue weighted by molar-refractivity contribution is 0.396. The largest absolute Gasteiger partial charge is 0.203 e. The molecule has 0 heterocycles. The molecule has 0 saturated carbocycles. The summed E-state index contributed by atoms with van der Waals surface area (Å²) >= 11 is 0. The third kappa shape index (κ3) is 2.84. The highest BCUT2D eigenvalue weighted by atomic mass is 19.2. The average molecular weight is 290 g/mol. The zero-order chi connectivity index (χ0) is 15.4. The van der Waals surface area contributed by atoms with Crippen molar-refractivity contribution in [1.29, 1.82) is 0 Å². The Morgan fingerprint density at radius 3 is 0.900 bits per heavy atom. The molecule has 0 aliphatic heterocycles. The molecule has 0 fully saturated rings. The quantitative estimate of drug-likeness (QED) is 0.442. The zero-order valence-corrected chi connectivity index (χ0v) is 12.5. The van der Waals surface area contributed by atoms with Gasteiger partial charge < -0.3 is 0 Å². The van der Waals surface area contributed by atoms with E-state index in [0.29, 0.717) is 25.7 Å². The number of benzene rings is 1. The normalized spacial score (nSPS) is 11.7. The van der Waals surface area contributed by atoms with Crippen LogP contribution in [0.4, 0.5) is 17.6 Å². The first-order valence-electron chi connectivity index (χ1n) is 7.29. The molecule has 1 rings (SSSR count). The second kappa shape index (κ2) is 7.09. The molecule has 0 aliphatic rings. The molecular weight excluding hydrogens is 268 g/mol. The fourth-order valence-corrected chi connectivity index (χ4v) is 2.78. The minimum atomic E-state index is -1.22. The van der Waals surface area contributed by atoms with Gasteiger partial charge in [0.1, 0.15) is 0 Å². The molecule has 0 amide bonds. The molecule has 0 spiro atoms. The van der Waals surface area contributed by atoms with E-state index < -0.39 is 46.2 Å². The highest BCUT2D eigenvalue weighted by molar-refractivity contribution is 5.34. The van der Waals surface area contributed by atoms with Crippen molar-refractivity contribution in [2.24, 2.45) is 0 Å². The Morgan fingerprint density at radius 2 is 0.750 bits per heavy atom. The molecule has 4 heteroatoms.